The van der Waals surface area contributed by atoms with Crippen LogP contribution in [0.2, 0.25) is 0 Å². The van der Waals surface area contributed by atoms with Crippen molar-refractivity contribution in [1.29, 1.82) is 0 Å². The van der Waals surface area contributed by atoms with Gasteiger partial charge in [-0.2, -0.15) is 0 Å². The molecule has 3 aromatic heterocycles. The first-order valence-corrected chi connectivity index (χ1v) is 10.4. The minimum atomic E-state index is -0.451. The highest BCUT2D eigenvalue weighted by atomic mass is 16.2. The third kappa shape index (κ3) is 4.21. The van der Waals surface area contributed by atoms with Crippen molar-refractivity contribution in [3.8, 4) is 11.4 Å². The summed E-state index contributed by atoms with van der Waals surface area (Å²) in [4.78, 5) is 35.1. The van der Waals surface area contributed by atoms with Crippen molar-refractivity contribution in [3.63, 3.8) is 0 Å². The Labute approximate surface area is 186 Å². The van der Waals surface area contributed by atoms with Gasteiger partial charge in [-0.05, 0) is 67.8 Å². The summed E-state index contributed by atoms with van der Waals surface area (Å²) in [6, 6.07) is 16.5. The summed E-state index contributed by atoms with van der Waals surface area (Å²) >= 11 is 0. The molecule has 0 fully saturated rings. The van der Waals surface area contributed by atoms with E-state index >= 15 is 0 Å². The lowest BCUT2D eigenvalue weighted by Crippen LogP contribution is -2.27. The summed E-state index contributed by atoms with van der Waals surface area (Å²) in [5.41, 5.74) is 5.25. The van der Waals surface area contributed by atoms with Crippen molar-refractivity contribution in [2.45, 2.75) is 27.3 Å². The summed E-state index contributed by atoms with van der Waals surface area (Å²) in [5, 5.41) is 2.94. The maximum absolute atomic E-state index is 13.4. The van der Waals surface area contributed by atoms with Crippen LogP contribution in [0.1, 0.15) is 32.7 Å². The van der Waals surface area contributed by atoms with Gasteiger partial charge in [-0.25, -0.2) is 0 Å². The summed E-state index contributed by atoms with van der Waals surface area (Å²) < 4.78 is 1.96. The Bertz CT molecular complexity index is 1330. The third-order valence-electron chi connectivity index (χ3n) is 5.60. The van der Waals surface area contributed by atoms with Crippen molar-refractivity contribution >= 4 is 11.6 Å². The Morgan fingerprint density at radius 1 is 0.969 bits per heavy atom. The van der Waals surface area contributed by atoms with Gasteiger partial charge in [-0.3, -0.25) is 19.6 Å². The Balaban J connectivity index is 1.89. The second kappa shape index (κ2) is 8.98. The fourth-order valence-electron chi connectivity index (χ4n) is 3.70. The third-order valence-corrected chi connectivity index (χ3v) is 5.60. The van der Waals surface area contributed by atoms with Crippen LogP contribution in [-0.2, 0) is 6.54 Å². The molecule has 0 atom stereocenters. The molecule has 0 saturated carbocycles. The van der Waals surface area contributed by atoms with E-state index in [2.05, 4.69) is 15.3 Å². The molecule has 0 aliphatic rings. The first-order valence-electron chi connectivity index (χ1n) is 10.4. The smallest absolute Gasteiger partial charge is 0.261 e. The van der Waals surface area contributed by atoms with Crippen LogP contribution in [0.4, 0.5) is 5.69 Å². The molecule has 6 heteroatoms. The van der Waals surface area contributed by atoms with E-state index in [1.54, 1.807) is 24.7 Å². The Morgan fingerprint density at radius 2 is 1.75 bits per heavy atom. The van der Waals surface area contributed by atoms with E-state index in [0.29, 0.717) is 23.6 Å². The number of anilines is 1. The molecule has 0 aliphatic heterocycles. The van der Waals surface area contributed by atoms with Crippen molar-refractivity contribution < 1.29 is 4.79 Å². The monoisotopic (exact) mass is 424 g/mol. The van der Waals surface area contributed by atoms with Gasteiger partial charge in [0.15, 0.2) is 5.43 Å². The van der Waals surface area contributed by atoms with Gasteiger partial charge in [0.25, 0.3) is 5.91 Å². The van der Waals surface area contributed by atoms with Crippen LogP contribution in [-0.4, -0.2) is 20.4 Å². The number of benzene rings is 1. The molecule has 160 valence electrons. The van der Waals surface area contributed by atoms with Gasteiger partial charge in [0.2, 0.25) is 0 Å². The zero-order valence-electron chi connectivity index (χ0n) is 18.3. The molecule has 6 nitrogen and oxygen atoms in total. The van der Waals surface area contributed by atoms with E-state index in [1.165, 1.54) is 6.07 Å². The minimum Gasteiger partial charge on any atom is -0.338 e. The fourth-order valence-corrected chi connectivity index (χ4v) is 3.70. The number of hydrogen-bond acceptors (Lipinski definition) is 4. The summed E-state index contributed by atoms with van der Waals surface area (Å²) in [5.74, 6) is -0.451. The van der Waals surface area contributed by atoms with Gasteiger partial charge in [0.1, 0.15) is 5.56 Å². The predicted molar refractivity (Wildman–Crippen MR) is 126 cm³/mol. The molecule has 4 aromatic rings. The quantitative estimate of drug-likeness (QED) is 0.511. The lowest BCUT2D eigenvalue weighted by atomic mass is 10.0. The van der Waals surface area contributed by atoms with Gasteiger partial charge >= 0.3 is 0 Å². The zero-order chi connectivity index (χ0) is 22.7. The van der Waals surface area contributed by atoms with Gasteiger partial charge in [-0.15, -0.1) is 0 Å². The maximum Gasteiger partial charge on any atom is 0.261 e. The predicted octanol–water partition coefficient (Wildman–Crippen LogP) is 4.53. The number of aromatic nitrogens is 3. The lowest BCUT2D eigenvalue weighted by Gasteiger charge is -2.20. The highest BCUT2D eigenvalue weighted by molar-refractivity contribution is 6.08. The molecule has 32 heavy (non-hydrogen) atoms. The molecule has 0 saturated heterocycles. The SMILES string of the molecule is Cc1cccc(NC(=O)c2c(-c3ccccn3)n(Cc3ccncc3)c(C)cc2=O)c1C. The lowest BCUT2D eigenvalue weighted by molar-refractivity contribution is 0.102. The molecule has 1 amide bonds. The number of pyridine rings is 3. The van der Waals surface area contributed by atoms with Gasteiger partial charge in [-0.1, -0.05) is 18.2 Å². The number of nitrogens with one attached hydrogen (secondary N) is 1. The largest absolute Gasteiger partial charge is 0.338 e. The van der Waals surface area contributed by atoms with E-state index in [9.17, 15) is 9.59 Å². The number of amides is 1. The van der Waals surface area contributed by atoms with Crippen LogP contribution in [0.25, 0.3) is 11.4 Å². The number of aryl methyl sites for hydroxylation is 2. The second-order valence-electron chi connectivity index (χ2n) is 7.73. The molecule has 1 aromatic carbocycles. The number of carbonyl (C=O) groups excluding carboxylic acids is 1. The van der Waals surface area contributed by atoms with Crippen LogP contribution in [0, 0.1) is 20.8 Å². The molecule has 0 spiro atoms. The average Bonchev–Trinajstić information content (AvgIpc) is 2.79. The van der Waals surface area contributed by atoms with E-state index in [0.717, 1.165) is 22.4 Å². The Hall–Kier alpha value is -4.06. The zero-order valence-corrected chi connectivity index (χ0v) is 18.3. The van der Waals surface area contributed by atoms with Crippen LogP contribution >= 0.6 is 0 Å². The highest BCUT2D eigenvalue weighted by Gasteiger charge is 2.23. The van der Waals surface area contributed by atoms with E-state index in [-0.39, 0.29) is 11.0 Å². The number of nitrogens with zero attached hydrogens (tertiary/aromatic N) is 3. The summed E-state index contributed by atoms with van der Waals surface area (Å²) in [6.45, 7) is 6.27. The van der Waals surface area contributed by atoms with Crippen molar-refractivity contribution in [3.05, 3.63) is 111 Å². The van der Waals surface area contributed by atoms with E-state index in [1.807, 2.05) is 67.8 Å². The van der Waals surface area contributed by atoms with E-state index < -0.39 is 5.91 Å². The molecular formula is C26H24N4O2. The van der Waals surface area contributed by atoms with Crippen molar-refractivity contribution in [2.24, 2.45) is 0 Å². The van der Waals surface area contributed by atoms with Gasteiger partial charge < -0.3 is 9.88 Å². The fraction of sp³-hybridized carbons (Fsp3) is 0.154. The molecule has 0 radical (unpaired) electrons. The summed E-state index contributed by atoms with van der Waals surface area (Å²) in [7, 11) is 0. The van der Waals surface area contributed by atoms with Crippen LogP contribution in [0.5, 0.6) is 0 Å². The first kappa shape index (κ1) is 21.2. The molecular weight excluding hydrogens is 400 g/mol. The molecule has 0 aliphatic carbocycles. The Morgan fingerprint density at radius 3 is 2.47 bits per heavy atom. The normalized spacial score (nSPS) is 10.7. The molecule has 4 rings (SSSR count). The molecule has 0 bridgehead atoms. The summed E-state index contributed by atoms with van der Waals surface area (Å²) in [6.07, 6.45) is 5.11. The van der Waals surface area contributed by atoms with Gasteiger partial charge in [0, 0.05) is 42.6 Å². The highest BCUT2D eigenvalue weighted by Crippen LogP contribution is 2.25. The molecule has 0 unspecified atom stereocenters. The van der Waals surface area contributed by atoms with Crippen molar-refractivity contribution in [2.75, 3.05) is 5.32 Å². The number of hydrogen-bond donors (Lipinski definition) is 1. The van der Waals surface area contributed by atoms with Crippen LogP contribution < -0.4 is 10.7 Å². The standard InChI is InChI=1S/C26H24N4O2/c1-17-7-6-9-21(19(17)3)29-26(32)24-23(31)15-18(2)30(16-20-10-13-27-14-11-20)25(24)22-8-4-5-12-28-22/h4-15H,16H2,1-3H3,(H,29,32). The Kier molecular flexibility index (Phi) is 5.94. The number of rotatable bonds is 5. The maximum atomic E-state index is 13.4. The van der Waals surface area contributed by atoms with E-state index in [4.69, 9.17) is 0 Å². The number of carbonyl (C=O) groups is 1. The second-order valence-corrected chi connectivity index (χ2v) is 7.73. The average molecular weight is 425 g/mol. The minimum absolute atomic E-state index is 0.0734. The molecule has 3 heterocycles. The topological polar surface area (TPSA) is 76.9 Å². The van der Waals surface area contributed by atoms with Crippen molar-refractivity contribution in [1.82, 2.24) is 14.5 Å². The van der Waals surface area contributed by atoms with Crippen LogP contribution in [0.3, 0.4) is 0 Å². The van der Waals surface area contributed by atoms with Crippen LogP contribution in [0.15, 0.2) is 78.0 Å². The molecule has 1 N–H and O–H groups in total. The first-order chi connectivity index (χ1) is 15.5. The van der Waals surface area contributed by atoms with Gasteiger partial charge in [0.05, 0.1) is 11.4 Å².